The molecule has 34 heavy (non-hydrogen) atoms. The molecule has 0 bridgehead atoms. The Morgan fingerprint density at radius 1 is 1.06 bits per heavy atom. The summed E-state index contributed by atoms with van der Waals surface area (Å²) < 4.78 is 29.2. The third kappa shape index (κ3) is 4.57. The zero-order valence-electron chi connectivity index (χ0n) is 18.9. The number of piperazine rings is 1. The lowest BCUT2D eigenvalue weighted by molar-refractivity contribution is -0.384. The summed E-state index contributed by atoms with van der Waals surface area (Å²) in [6.45, 7) is 5.23. The standard InChI is InChI=1S/C23H25N5O5S/c1-17-15-22(18(2)27(17)16-19-5-3-4-10-24-19)23(29)25-11-13-26(14-12-25)34(32,33)21-8-6-20(7-9-21)28(30)31/h3-10,15H,11-14,16H2,1-2H3. The Morgan fingerprint density at radius 2 is 1.74 bits per heavy atom. The van der Waals surface area contributed by atoms with E-state index < -0.39 is 14.9 Å². The molecule has 0 atom stereocenters. The summed E-state index contributed by atoms with van der Waals surface area (Å²) in [6.07, 6.45) is 1.74. The molecule has 0 radical (unpaired) electrons. The molecule has 0 unspecified atom stereocenters. The number of carbonyl (C=O) groups excluding carboxylic acids is 1. The van der Waals surface area contributed by atoms with E-state index in [0.29, 0.717) is 12.1 Å². The molecule has 1 aliphatic heterocycles. The van der Waals surface area contributed by atoms with Crippen LogP contribution in [0.5, 0.6) is 0 Å². The second kappa shape index (κ2) is 9.35. The number of aromatic nitrogens is 2. The fraction of sp³-hybridized carbons (Fsp3) is 0.304. The van der Waals surface area contributed by atoms with Crippen LogP contribution in [0.25, 0.3) is 0 Å². The van der Waals surface area contributed by atoms with Gasteiger partial charge in [0.1, 0.15) is 0 Å². The molecular formula is C23H25N5O5S. The van der Waals surface area contributed by atoms with E-state index in [0.717, 1.165) is 17.1 Å². The zero-order valence-corrected chi connectivity index (χ0v) is 19.7. The van der Waals surface area contributed by atoms with Gasteiger partial charge in [0.15, 0.2) is 0 Å². The first-order valence-electron chi connectivity index (χ1n) is 10.8. The van der Waals surface area contributed by atoms with Crippen LogP contribution in [0.15, 0.2) is 59.6 Å². The van der Waals surface area contributed by atoms with Gasteiger partial charge in [-0.05, 0) is 44.2 Å². The van der Waals surface area contributed by atoms with E-state index in [1.54, 1.807) is 11.1 Å². The number of amides is 1. The van der Waals surface area contributed by atoms with Gasteiger partial charge in [-0.2, -0.15) is 4.31 Å². The van der Waals surface area contributed by atoms with Crippen molar-refractivity contribution in [1.82, 2.24) is 18.8 Å². The van der Waals surface area contributed by atoms with Crippen LogP contribution in [0.3, 0.4) is 0 Å². The molecule has 0 saturated carbocycles. The molecular weight excluding hydrogens is 458 g/mol. The van der Waals surface area contributed by atoms with E-state index in [9.17, 15) is 23.3 Å². The van der Waals surface area contributed by atoms with Crippen molar-refractivity contribution in [2.24, 2.45) is 0 Å². The minimum absolute atomic E-state index is 0.00376. The quantitative estimate of drug-likeness (QED) is 0.393. The Balaban J connectivity index is 1.45. The second-order valence-electron chi connectivity index (χ2n) is 8.14. The average Bonchev–Trinajstić information content (AvgIpc) is 3.12. The molecule has 1 fully saturated rings. The van der Waals surface area contributed by atoms with Crippen LogP contribution in [0.1, 0.15) is 27.4 Å². The molecule has 1 amide bonds. The highest BCUT2D eigenvalue weighted by molar-refractivity contribution is 7.89. The van der Waals surface area contributed by atoms with Crippen LogP contribution in [0.4, 0.5) is 5.69 Å². The summed E-state index contributed by atoms with van der Waals surface area (Å²) >= 11 is 0. The lowest BCUT2D eigenvalue weighted by Gasteiger charge is -2.34. The number of sulfonamides is 1. The van der Waals surface area contributed by atoms with Crippen LogP contribution in [0, 0.1) is 24.0 Å². The van der Waals surface area contributed by atoms with E-state index >= 15 is 0 Å². The van der Waals surface area contributed by atoms with Crippen LogP contribution >= 0.6 is 0 Å². The molecule has 178 valence electrons. The molecule has 2 aromatic heterocycles. The average molecular weight is 484 g/mol. The Bertz CT molecular complexity index is 1310. The summed E-state index contributed by atoms with van der Waals surface area (Å²) in [6, 6.07) is 12.4. The van der Waals surface area contributed by atoms with Crippen LogP contribution in [-0.2, 0) is 16.6 Å². The lowest BCUT2D eigenvalue weighted by Crippen LogP contribution is -2.50. The zero-order chi connectivity index (χ0) is 24.5. The molecule has 1 saturated heterocycles. The van der Waals surface area contributed by atoms with Crippen molar-refractivity contribution in [3.8, 4) is 0 Å². The predicted molar refractivity (Wildman–Crippen MR) is 125 cm³/mol. The summed E-state index contributed by atoms with van der Waals surface area (Å²) in [5, 5.41) is 10.8. The van der Waals surface area contributed by atoms with E-state index in [4.69, 9.17) is 0 Å². The molecule has 11 heteroatoms. The van der Waals surface area contributed by atoms with Crippen molar-refractivity contribution in [3.05, 3.63) is 87.5 Å². The number of benzene rings is 1. The van der Waals surface area contributed by atoms with Gasteiger partial charge >= 0.3 is 0 Å². The molecule has 0 N–H and O–H groups in total. The number of nitro benzene ring substituents is 1. The molecule has 0 spiro atoms. The van der Waals surface area contributed by atoms with Crippen molar-refractivity contribution in [2.75, 3.05) is 26.2 Å². The number of pyridine rings is 1. The minimum Gasteiger partial charge on any atom is -0.342 e. The van der Waals surface area contributed by atoms with Gasteiger partial charge in [0.2, 0.25) is 10.0 Å². The van der Waals surface area contributed by atoms with Gasteiger partial charge in [0.25, 0.3) is 11.6 Å². The molecule has 1 aliphatic rings. The molecule has 4 rings (SSSR count). The third-order valence-electron chi connectivity index (χ3n) is 6.06. The number of rotatable bonds is 6. The van der Waals surface area contributed by atoms with Gasteiger partial charge in [-0.3, -0.25) is 19.9 Å². The highest BCUT2D eigenvalue weighted by Crippen LogP contribution is 2.23. The smallest absolute Gasteiger partial charge is 0.269 e. The first-order chi connectivity index (χ1) is 16.2. The summed E-state index contributed by atoms with van der Waals surface area (Å²) in [4.78, 5) is 29.5. The predicted octanol–water partition coefficient (Wildman–Crippen LogP) is 2.60. The molecule has 10 nitrogen and oxygen atoms in total. The normalized spacial score (nSPS) is 14.8. The lowest BCUT2D eigenvalue weighted by atomic mass is 10.2. The first kappa shape index (κ1) is 23.6. The number of hydrogen-bond donors (Lipinski definition) is 0. The van der Waals surface area contributed by atoms with Gasteiger partial charge in [-0.1, -0.05) is 6.07 Å². The fourth-order valence-corrected chi connectivity index (χ4v) is 5.53. The van der Waals surface area contributed by atoms with Crippen molar-refractivity contribution in [1.29, 1.82) is 0 Å². The summed E-state index contributed by atoms with van der Waals surface area (Å²) in [5.74, 6) is -0.132. The van der Waals surface area contributed by atoms with Crippen LogP contribution in [0.2, 0.25) is 0 Å². The van der Waals surface area contributed by atoms with Crippen molar-refractivity contribution in [3.63, 3.8) is 0 Å². The fourth-order valence-electron chi connectivity index (χ4n) is 4.11. The monoisotopic (exact) mass is 483 g/mol. The first-order valence-corrected chi connectivity index (χ1v) is 12.2. The van der Waals surface area contributed by atoms with E-state index in [1.807, 2.05) is 42.7 Å². The maximum Gasteiger partial charge on any atom is 0.269 e. The Hall–Kier alpha value is -3.57. The largest absolute Gasteiger partial charge is 0.342 e. The maximum absolute atomic E-state index is 13.2. The maximum atomic E-state index is 13.2. The van der Waals surface area contributed by atoms with Gasteiger partial charge in [-0.15, -0.1) is 0 Å². The molecule has 3 heterocycles. The second-order valence-corrected chi connectivity index (χ2v) is 10.1. The molecule has 3 aromatic rings. The molecule has 0 aliphatic carbocycles. The van der Waals surface area contributed by atoms with Crippen molar-refractivity contribution < 1.29 is 18.1 Å². The number of aryl methyl sites for hydroxylation is 1. The number of carbonyl (C=O) groups is 1. The van der Waals surface area contributed by atoms with Gasteiger partial charge in [0, 0.05) is 55.9 Å². The van der Waals surface area contributed by atoms with Gasteiger partial charge in [-0.25, -0.2) is 8.42 Å². The van der Waals surface area contributed by atoms with Crippen molar-refractivity contribution >= 4 is 21.6 Å². The highest BCUT2D eigenvalue weighted by atomic mass is 32.2. The highest BCUT2D eigenvalue weighted by Gasteiger charge is 2.31. The Labute approximate surface area is 197 Å². The SMILES string of the molecule is Cc1cc(C(=O)N2CCN(S(=O)(=O)c3ccc([N+](=O)[O-])cc3)CC2)c(C)n1Cc1ccccn1. The van der Waals surface area contributed by atoms with Crippen LogP contribution in [-0.4, -0.2) is 64.2 Å². The minimum atomic E-state index is -3.80. The van der Waals surface area contributed by atoms with E-state index in [2.05, 4.69) is 4.98 Å². The number of nitrogens with zero attached hydrogens (tertiary/aromatic N) is 5. The summed E-state index contributed by atoms with van der Waals surface area (Å²) in [7, 11) is -3.80. The van der Waals surface area contributed by atoms with E-state index in [1.165, 1.54) is 28.6 Å². The number of non-ortho nitro benzene ring substituents is 1. The third-order valence-corrected chi connectivity index (χ3v) is 7.97. The van der Waals surface area contributed by atoms with Gasteiger partial charge in [0.05, 0.1) is 27.6 Å². The van der Waals surface area contributed by atoms with Crippen molar-refractivity contribution in [2.45, 2.75) is 25.3 Å². The topological polar surface area (TPSA) is 119 Å². The van der Waals surface area contributed by atoms with Gasteiger partial charge < -0.3 is 9.47 Å². The summed E-state index contributed by atoms with van der Waals surface area (Å²) in [5.41, 5.74) is 3.11. The van der Waals surface area contributed by atoms with Crippen LogP contribution < -0.4 is 0 Å². The van der Waals surface area contributed by atoms with E-state index in [-0.39, 0.29) is 42.7 Å². The number of hydrogen-bond acceptors (Lipinski definition) is 6. The molecule has 1 aromatic carbocycles. The number of nitro groups is 1. The Kier molecular flexibility index (Phi) is 6.49. The Morgan fingerprint density at radius 3 is 2.32 bits per heavy atom.